The minimum absolute atomic E-state index is 0.132. The van der Waals surface area contributed by atoms with Crippen molar-refractivity contribution in [3.63, 3.8) is 0 Å². The van der Waals surface area contributed by atoms with Crippen molar-refractivity contribution in [2.75, 3.05) is 38.7 Å². The molecule has 1 fully saturated rings. The molecule has 0 aromatic heterocycles. The summed E-state index contributed by atoms with van der Waals surface area (Å²) in [5, 5.41) is 0. The molecule has 4 rings (SSSR count). The molecular formula is C20H21FN2O3S. The lowest BCUT2D eigenvalue weighted by Crippen LogP contribution is -2.48. The number of fused-ring (bicyclic) bond motifs is 1. The van der Waals surface area contributed by atoms with E-state index in [0.717, 1.165) is 49.1 Å². The van der Waals surface area contributed by atoms with Crippen molar-refractivity contribution in [3.8, 4) is 11.5 Å². The lowest BCUT2D eigenvalue weighted by molar-refractivity contribution is -0.130. The minimum Gasteiger partial charge on any atom is -0.454 e. The smallest absolute Gasteiger partial charge is 0.233 e. The van der Waals surface area contributed by atoms with E-state index in [1.54, 1.807) is 12.1 Å². The van der Waals surface area contributed by atoms with Gasteiger partial charge in [0.05, 0.1) is 5.75 Å². The Morgan fingerprint density at radius 1 is 1.00 bits per heavy atom. The highest BCUT2D eigenvalue weighted by Crippen LogP contribution is 2.32. The molecule has 0 saturated carbocycles. The van der Waals surface area contributed by atoms with Crippen LogP contribution in [0.3, 0.4) is 0 Å². The highest BCUT2D eigenvalue weighted by atomic mass is 32.2. The maximum atomic E-state index is 12.9. The molecule has 2 aromatic rings. The third-order valence-electron chi connectivity index (χ3n) is 4.74. The van der Waals surface area contributed by atoms with E-state index in [2.05, 4.69) is 11.0 Å². The molecule has 2 heterocycles. The molecule has 0 unspecified atom stereocenters. The van der Waals surface area contributed by atoms with Crippen molar-refractivity contribution < 1.29 is 18.7 Å². The van der Waals surface area contributed by atoms with Gasteiger partial charge in [-0.05, 0) is 42.0 Å². The van der Waals surface area contributed by atoms with Gasteiger partial charge in [-0.25, -0.2) is 4.39 Å². The number of carbonyl (C=O) groups excluding carboxylic acids is 1. The minimum atomic E-state index is -0.260. The number of ether oxygens (including phenoxy) is 2. The van der Waals surface area contributed by atoms with Gasteiger partial charge in [-0.3, -0.25) is 9.69 Å². The van der Waals surface area contributed by atoms with E-state index in [1.807, 2.05) is 17.0 Å². The number of nitrogens with zero attached hydrogens (tertiary/aromatic N) is 2. The molecule has 2 aromatic carbocycles. The molecule has 2 aliphatic rings. The van der Waals surface area contributed by atoms with Gasteiger partial charge in [0.1, 0.15) is 5.82 Å². The van der Waals surface area contributed by atoms with Crippen molar-refractivity contribution in [1.82, 2.24) is 9.80 Å². The molecule has 27 heavy (non-hydrogen) atoms. The summed E-state index contributed by atoms with van der Waals surface area (Å²) in [5.74, 6) is 1.86. The molecule has 0 N–H and O–H groups in total. The number of amides is 1. The van der Waals surface area contributed by atoms with Crippen LogP contribution >= 0.6 is 11.8 Å². The summed E-state index contributed by atoms with van der Waals surface area (Å²) < 4.78 is 23.7. The molecule has 0 aliphatic carbocycles. The Morgan fingerprint density at radius 2 is 1.74 bits per heavy atom. The second-order valence-corrected chi connectivity index (χ2v) is 7.64. The number of benzene rings is 2. The van der Waals surface area contributed by atoms with Crippen LogP contribution in [0.5, 0.6) is 11.5 Å². The van der Waals surface area contributed by atoms with E-state index >= 15 is 0 Å². The second-order valence-electron chi connectivity index (χ2n) is 6.59. The summed E-state index contributed by atoms with van der Waals surface area (Å²) in [7, 11) is 0. The average Bonchev–Trinajstić information content (AvgIpc) is 3.16. The van der Waals surface area contributed by atoms with Gasteiger partial charge in [0.2, 0.25) is 12.7 Å². The fraction of sp³-hybridized carbons (Fsp3) is 0.350. The van der Waals surface area contributed by atoms with Gasteiger partial charge in [0.15, 0.2) is 11.5 Å². The van der Waals surface area contributed by atoms with E-state index in [0.29, 0.717) is 5.75 Å². The Bertz CT molecular complexity index is 807. The van der Waals surface area contributed by atoms with Crippen LogP contribution in [-0.2, 0) is 11.3 Å². The van der Waals surface area contributed by atoms with Crippen LogP contribution in [0.25, 0.3) is 0 Å². The lowest BCUT2D eigenvalue weighted by Gasteiger charge is -2.34. The number of rotatable bonds is 5. The Labute approximate surface area is 162 Å². The average molecular weight is 388 g/mol. The zero-order valence-electron chi connectivity index (χ0n) is 14.9. The molecule has 1 saturated heterocycles. The summed E-state index contributed by atoms with van der Waals surface area (Å²) in [4.78, 5) is 17.6. The van der Waals surface area contributed by atoms with Crippen LogP contribution in [-0.4, -0.2) is 54.4 Å². The number of hydrogen-bond acceptors (Lipinski definition) is 5. The number of thioether (sulfide) groups is 1. The molecular weight excluding hydrogens is 367 g/mol. The van der Waals surface area contributed by atoms with Gasteiger partial charge < -0.3 is 14.4 Å². The van der Waals surface area contributed by atoms with Crippen LogP contribution in [0.15, 0.2) is 47.4 Å². The lowest BCUT2D eigenvalue weighted by atomic mass is 10.1. The zero-order chi connectivity index (χ0) is 18.6. The number of halogens is 1. The van der Waals surface area contributed by atoms with Crippen LogP contribution in [0.4, 0.5) is 4.39 Å². The molecule has 0 radical (unpaired) electrons. The zero-order valence-corrected chi connectivity index (χ0v) is 15.7. The monoisotopic (exact) mass is 388 g/mol. The van der Waals surface area contributed by atoms with Crippen molar-refractivity contribution >= 4 is 17.7 Å². The van der Waals surface area contributed by atoms with E-state index < -0.39 is 0 Å². The van der Waals surface area contributed by atoms with E-state index in [-0.39, 0.29) is 18.5 Å². The first-order valence-corrected chi connectivity index (χ1v) is 9.93. The van der Waals surface area contributed by atoms with Gasteiger partial charge in [-0.1, -0.05) is 6.07 Å². The summed E-state index contributed by atoms with van der Waals surface area (Å²) in [5.41, 5.74) is 1.19. The summed E-state index contributed by atoms with van der Waals surface area (Å²) in [6.45, 7) is 4.28. The summed E-state index contributed by atoms with van der Waals surface area (Å²) in [6, 6.07) is 12.3. The SMILES string of the molecule is O=C(CSc1ccc(F)cc1)N1CCN(Cc2ccc3c(c2)OCO3)CC1. The first kappa shape index (κ1) is 18.1. The molecule has 0 atom stereocenters. The largest absolute Gasteiger partial charge is 0.454 e. The van der Waals surface area contributed by atoms with Crippen molar-refractivity contribution in [2.45, 2.75) is 11.4 Å². The van der Waals surface area contributed by atoms with Gasteiger partial charge in [-0.15, -0.1) is 11.8 Å². The second kappa shape index (κ2) is 8.19. The quantitative estimate of drug-likeness (QED) is 0.737. The Balaban J connectivity index is 1.23. The van der Waals surface area contributed by atoms with E-state index in [9.17, 15) is 9.18 Å². The Morgan fingerprint density at radius 3 is 2.52 bits per heavy atom. The van der Waals surface area contributed by atoms with E-state index in [1.165, 1.54) is 29.5 Å². The predicted molar refractivity (Wildman–Crippen MR) is 102 cm³/mol. The third kappa shape index (κ3) is 4.54. The fourth-order valence-corrected chi connectivity index (χ4v) is 4.02. The fourth-order valence-electron chi connectivity index (χ4n) is 3.22. The van der Waals surface area contributed by atoms with Crippen molar-refractivity contribution in [1.29, 1.82) is 0 Å². The summed E-state index contributed by atoms with van der Waals surface area (Å²) >= 11 is 1.45. The van der Waals surface area contributed by atoms with Crippen LogP contribution in [0, 0.1) is 5.82 Å². The van der Waals surface area contributed by atoms with Crippen LogP contribution < -0.4 is 9.47 Å². The third-order valence-corrected chi connectivity index (χ3v) is 5.74. The standard InChI is InChI=1S/C20H21FN2O3S/c21-16-2-4-17(5-3-16)27-13-20(24)23-9-7-22(8-10-23)12-15-1-6-18-19(11-15)26-14-25-18/h1-6,11H,7-10,12-14H2. The Hall–Kier alpha value is -2.25. The topological polar surface area (TPSA) is 42.0 Å². The van der Waals surface area contributed by atoms with Gasteiger partial charge in [-0.2, -0.15) is 0 Å². The maximum Gasteiger partial charge on any atom is 0.233 e. The molecule has 7 heteroatoms. The summed E-state index contributed by atoms with van der Waals surface area (Å²) in [6.07, 6.45) is 0. The van der Waals surface area contributed by atoms with Crippen molar-refractivity contribution in [3.05, 3.63) is 53.8 Å². The maximum absolute atomic E-state index is 12.9. The van der Waals surface area contributed by atoms with E-state index in [4.69, 9.17) is 9.47 Å². The van der Waals surface area contributed by atoms with Gasteiger partial charge in [0.25, 0.3) is 0 Å². The molecule has 1 amide bonds. The number of carbonyl (C=O) groups is 1. The molecule has 0 bridgehead atoms. The van der Waals surface area contributed by atoms with Crippen LogP contribution in [0.1, 0.15) is 5.56 Å². The Kier molecular flexibility index (Phi) is 5.50. The normalized spacial score (nSPS) is 16.6. The molecule has 142 valence electrons. The highest BCUT2D eigenvalue weighted by molar-refractivity contribution is 8.00. The number of hydrogen-bond donors (Lipinski definition) is 0. The highest BCUT2D eigenvalue weighted by Gasteiger charge is 2.22. The van der Waals surface area contributed by atoms with Gasteiger partial charge >= 0.3 is 0 Å². The molecule has 0 spiro atoms. The molecule has 5 nitrogen and oxygen atoms in total. The predicted octanol–water partition coefficient (Wildman–Crippen LogP) is 2.99. The van der Waals surface area contributed by atoms with Crippen molar-refractivity contribution in [2.24, 2.45) is 0 Å². The first-order chi connectivity index (χ1) is 13.2. The van der Waals surface area contributed by atoms with Gasteiger partial charge in [0, 0.05) is 37.6 Å². The molecule has 2 aliphatic heterocycles. The van der Waals surface area contributed by atoms with Crippen LogP contribution in [0.2, 0.25) is 0 Å². The first-order valence-electron chi connectivity index (χ1n) is 8.94. The number of piperazine rings is 1.